The minimum atomic E-state index is -0.168. The highest BCUT2D eigenvalue weighted by Crippen LogP contribution is 2.39. The highest BCUT2D eigenvalue weighted by atomic mass is 35.5. The second-order valence-corrected chi connectivity index (χ2v) is 4.84. The molecule has 5 heteroatoms. The van der Waals surface area contributed by atoms with Crippen LogP contribution in [0.3, 0.4) is 0 Å². The Balaban J connectivity index is 2.01. The first kappa shape index (κ1) is 14.0. The van der Waals surface area contributed by atoms with Gasteiger partial charge in [0.05, 0.1) is 10.9 Å². The first-order chi connectivity index (χ1) is 9.15. The Kier molecular flexibility index (Phi) is 4.53. The minimum absolute atomic E-state index is 0.0375. The summed E-state index contributed by atoms with van der Waals surface area (Å²) in [5.74, 6) is 0.945. The maximum absolute atomic E-state index is 11.8. The summed E-state index contributed by atoms with van der Waals surface area (Å²) < 4.78 is 15.8. The van der Waals surface area contributed by atoms with Crippen LogP contribution in [-0.4, -0.2) is 12.8 Å². The summed E-state index contributed by atoms with van der Waals surface area (Å²) >= 11 is 6.06. The number of carbonyl (C=O) groups is 1. The SMILES string of the molecule is CCC(CC)C(=O)OCc1cc(Cl)c2c(c1)OCO2. The molecule has 1 aliphatic heterocycles. The third-order valence-electron chi connectivity index (χ3n) is 3.19. The van der Waals surface area contributed by atoms with Crippen LogP contribution >= 0.6 is 11.6 Å². The Morgan fingerprint density at radius 1 is 1.37 bits per heavy atom. The number of benzene rings is 1. The third kappa shape index (κ3) is 3.13. The lowest BCUT2D eigenvalue weighted by molar-refractivity contribution is -0.150. The average molecular weight is 285 g/mol. The van der Waals surface area contributed by atoms with Crippen LogP contribution in [0.1, 0.15) is 32.3 Å². The highest BCUT2D eigenvalue weighted by Gasteiger charge is 2.20. The lowest BCUT2D eigenvalue weighted by Crippen LogP contribution is -2.16. The molecule has 0 saturated heterocycles. The summed E-state index contributed by atoms with van der Waals surface area (Å²) in [4.78, 5) is 11.8. The van der Waals surface area contributed by atoms with E-state index in [2.05, 4.69) is 0 Å². The molecule has 0 fully saturated rings. The summed E-state index contributed by atoms with van der Waals surface area (Å²) in [5.41, 5.74) is 0.800. The van der Waals surface area contributed by atoms with Gasteiger partial charge in [-0.1, -0.05) is 25.4 Å². The Bertz CT molecular complexity index is 469. The lowest BCUT2D eigenvalue weighted by Gasteiger charge is -2.12. The van der Waals surface area contributed by atoms with Crippen LogP contribution in [0.4, 0.5) is 0 Å². The van der Waals surface area contributed by atoms with Crippen LogP contribution < -0.4 is 9.47 Å². The van der Waals surface area contributed by atoms with E-state index in [1.165, 1.54) is 0 Å². The number of ether oxygens (including phenoxy) is 3. The van der Waals surface area contributed by atoms with Crippen molar-refractivity contribution in [3.63, 3.8) is 0 Å². The monoisotopic (exact) mass is 284 g/mol. The van der Waals surface area contributed by atoms with Gasteiger partial charge in [-0.05, 0) is 30.5 Å². The Labute approximate surface area is 117 Å². The lowest BCUT2D eigenvalue weighted by atomic mass is 10.0. The standard InChI is InChI=1S/C14H17ClO4/c1-3-10(4-2)14(16)17-7-9-5-11(15)13-12(6-9)18-8-19-13/h5-6,10H,3-4,7-8H2,1-2H3. The second-order valence-electron chi connectivity index (χ2n) is 4.43. The molecule has 2 rings (SSSR count). The van der Waals surface area contributed by atoms with Gasteiger partial charge in [-0.3, -0.25) is 4.79 Å². The number of fused-ring (bicyclic) bond motifs is 1. The molecular weight excluding hydrogens is 268 g/mol. The Hall–Kier alpha value is -1.42. The van der Waals surface area contributed by atoms with Crippen molar-refractivity contribution in [1.29, 1.82) is 0 Å². The van der Waals surface area contributed by atoms with E-state index in [-0.39, 0.29) is 25.3 Å². The van der Waals surface area contributed by atoms with Crippen LogP contribution in [0, 0.1) is 5.92 Å². The van der Waals surface area contributed by atoms with Crippen molar-refractivity contribution in [2.45, 2.75) is 33.3 Å². The van der Waals surface area contributed by atoms with Crippen LogP contribution in [-0.2, 0) is 16.1 Å². The highest BCUT2D eigenvalue weighted by molar-refractivity contribution is 6.32. The summed E-state index contributed by atoms with van der Waals surface area (Å²) in [5, 5.41) is 0.476. The van der Waals surface area contributed by atoms with Crippen molar-refractivity contribution >= 4 is 17.6 Å². The second kappa shape index (κ2) is 6.15. The molecule has 1 aromatic carbocycles. The Morgan fingerprint density at radius 2 is 2.11 bits per heavy atom. The maximum atomic E-state index is 11.8. The molecule has 0 unspecified atom stereocenters. The maximum Gasteiger partial charge on any atom is 0.309 e. The van der Waals surface area contributed by atoms with E-state index in [0.29, 0.717) is 16.5 Å². The summed E-state index contributed by atoms with van der Waals surface area (Å²) in [6, 6.07) is 3.52. The molecule has 104 valence electrons. The van der Waals surface area contributed by atoms with Gasteiger partial charge in [0.15, 0.2) is 11.5 Å². The molecule has 0 saturated carbocycles. The minimum Gasteiger partial charge on any atom is -0.461 e. The molecule has 1 aromatic rings. The topological polar surface area (TPSA) is 44.8 Å². The largest absolute Gasteiger partial charge is 0.461 e. The summed E-state index contributed by atoms with van der Waals surface area (Å²) in [6.07, 6.45) is 1.58. The van der Waals surface area contributed by atoms with E-state index in [9.17, 15) is 4.79 Å². The fraction of sp³-hybridized carbons (Fsp3) is 0.500. The smallest absolute Gasteiger partial charge is 0.309 e. The van der Waals surface area contributed by atoms with Crippen LogP contribution in [0.2, 0.25) is 5.02 Å². The predicted molar refractivity (Wildman–Crippen MR) is 71.4 cm³/mol. The van der Waals surface area contributed by atoms with E-state index in [1.54, 1.807) is 12.1 Å². The molecule has 0 amide bonds. The van der Waals surface area contributed by atoms with Gasteiger partial charge in [0, 0.05) is 0 Å². The van der Waals surface area contributed by atoms with E-state index in [4.69, 9.17) is 25.8 Å². The molecule has 0 radical (unpaired) electrons. The number of halogens is 1. The van der Waals surface area contributed by atoms with E-state index >= 15 is 0 Å². The Morgan fingerprint density at radius 3 is 2.79 bits per heavy atom. The molecule has 0 aromatic heterocycles. The zero-order valence-electron chi connectivity index (χ0n) is 11.1. The summed E-state index contributed by atoms with van der Waals surface area (Å²) in [7, 11) is 0. The molecule has 4 nitrogen and oxygen atoms in total. The predicted octanol–water partition coefficient (Wildman–Crippen LogP) is 3.55. The van der Waals surface area contributed by atoms with Gasteiger partial charge < -0.3 is 14.2 Å². The molecule has 0 atom stereocenters. The van der Waals surface area contributed by atoms with E-state index in [0.717, 1.165) is 18.4 Å². The van der Waals surface area contributed by atoms with Crippen molar-refractivity contribution in [2.24, 2.45) is 5.92 Å². The average Bonchev–Trinajstić information content (AvgIpc) is 2.86. The third-order valence-corrected chi connectivity index (χ3v) is 3.47. The van der Waals surface area contributed by atoms with Gasteiger partial charge in [0.2, 0.25) is 6.79 Å². The van der Waals surface area contributed by atoms with Gasteiger partial charge in [-0.15, -0.1) is 0 Å². The first-order valence-electron chi connectivity index (χ1n) is 6.40. The van der Waals surface area contributed by atoms with Crippen LogP contribution in [0.5, 0.6) is 11.5 Å². The van der Waals surface area contributed by atoms with Crippen LogP contribution in [0.25, 0.3) is 0 Å². The fourth-order valence-electron chi connectivity index (χ4n) is 2.00. The van der Waals surface area contributed by atoms with Crippen molar-refractivity contribution in [1.82, 2.24) is 0 Å². The van der Waals surface area contributed by atoms with E-state index < -0.39 is 0 Å². The number of carbonyl (C=O) groups excluding carboxylic acids is 1. The molecule has 0 bridgehead atoms. The van der Waals surface area contributed by atoms with Gasteiger partial charge in [0.1, 0.15) is 6.61 Å². The van der Waals surface area contributed by atoms with E-state index in [1.807, 2.05) is 13.8 Å². The van der Waals surface area contributed by atoms with Gasteiger partial charge >= 0.3 is 5.97 Å². The summed E-state index contributed by atoms with van der Waals surface area (Å²) in [6.45, 7) is 4.33. The molecule has 1 heterocycles. The number of rotatable bonds is 5. The molecule has 1 aliphatic rings. The number of hydrogen-bond donors (Lipinski definition) is 0. The molecule has 19 heavy (non-hydrogen) atoms. The van der Waals surface area contributed by atoms with Gasteiger partial charge in [0.25, 0.3) is 0 Å². The van der Waals surface area contributed by atoms with Crippen molar-refractivity contribution < 1.29 is 19.0 Å². The van der Waals surface area contributed by atoms with Crippen molar-refractivity contribution in [3.05, 3.63) is 22.7 Å². The van der Waals surface area contributed by atoms with Crippen molar-refractivity contribution in [3.8, 4) is 11.5 Å². The quantitative estimate of drug-likeness (QED) is 0.776. The van der Waals surface area contributed by atoms with Gasteiger partial charge in [-0.2, -0.15) is 0 Å². The van der Waals surface area contributed by atoms with Crippen LogP contribution in [0.15, 0.2) is 12.1 Å². The van der Waals surface area contributed by atoms with Gasteiger partial charge in [-0.25, -0.2) is 0 Å². The zero-order valence-corrected chi connectivity index (χ0v) is 11.8. The normalized spacial score (nSPS) is 12.8. The molecule has 0 aliphatic carbocycles. The molecule has 0 spiro atoms. The van der Waals surface area contributed by atoms with Crippen molar-refractivity contribution in [2.75, 3.05) is 6.79 Å². The number of hydrogen-bond acceptors (Lipinski definition) is 4. The number of esters is 1. The zero-order chi connectivity index (χ0) is 13.8. The fourth-order valence-corrected chi connectivity index (χ4v) is 2.29. The molecular formula is C14H17ClO4. The first-order valence-corrected chi connectivity index (χ1v) is 6.78. The molecule has 0 N–H and O–H groups in total.